The van der Waals surface area contributed by atoms with Crippen molar-refractivity contribution in [3.05, 3.63) is 17.6 Å². The Bertz CT molecular complexity index is 377. The van der Waals surface area contributed by atoms with Gasteiger partial charge in [-0.1, -0.05) is 0 Å². The number of aliphatic hydroxyl groups excluding tert-OH is 1. The van der Waals surface area contributed by atoms with Crippen molar-refractivity contribution in [1.29, 1.82) is 0 Å². The molecule has 1 aliphatic heterocycles. The number of aliphatic hydroxyl groups is 1. The van der Waals surface area contributed by atoms with Crippen molar-refractivity contribution < 1.29 is 9.84 Å². The number of aromatic nitrogens is 2. The van der Waals surface area contributed by atoms with E-state index in [-0.39, 0.29) is 18.8 Å². The number of aryl methyl sites for hydroxylation is 2. The minimum Gasteiger partial charge on any atom is -0.394 e. The number of rotatable bonds is 2. The lowest BCUT2D eigenvalue weighted by Crippen LogP contribution is -2.50. The van der Waals surface area contributed by atoms with E-state index in [0.29, 0.717) is 13.2 Å². The van der Waals surface area contributed by atoms with Crippen LogP contribution in [-0.2, 0) is 4.74 Å². The van der Waals surface area contributed by atoms with Gasteiger partial charge in [-0.05, 0) is 20.8 Å². The van der Waals surface area contributed by atoms with Crippen LogP contribution in [0, 0.1) is 13.8 Å². The number of hydrogen-bond donors (Lipinski definition) is 1. The molecule has 1 fully saturated rings. The van der Waals surface area contributed by atoms with Crippen LogP contribution in [0.1, 0.15) is 18.4 Å². The smallest absolute Gasteiger partial charge is 0.132 e. The average Bonchev–Trinajstić information content (AvgIpc) is 2.28. The van der Waals surface area contributed by atoms with Crippen LogP contribution in [0.3, 0.4) is 0 Å². The standard InChI is InChI=1S/C12H19N3O2/c1-8-4-12(14-10(3)13-8)15-5-11(6-16)17-7-9(15)2/h4,9,11,16H,5-7H2,1-3H3. The summed E-state index contributed by atoms with van der Waals surface area (Å²) in [4.78, 5) is 10.9. The van der Waals surface area contributed by atoms with Gasteiger partial charge < -0.3 is 14.7 Å². The van der Waals surface area contributed by atoms with Crippen LogP contribution in [-0.4, -0.2) is 47.0 Å². The molecular weight excluding hydrogens is 218 g/mol. The highest BCUT2D eigenvalue weighted by atomic mass is 16.5. The van der Waals surface area contributed by atoms with E-state index in [2.05, 4.69) is 21.8 Å². The minimum absolute atomic E-state index is 0.0479. The Balaban J connectivity index is 2.24. The van der Waals surface area contributed by atoms with Crippen molar-refractivity contribution in [2.24, 2.45) is 0 Å². The molecule has 0 saturated carbocycles. The molecule has 2 rings (SSSR count). The Labute approximate surface area is 101 Å². The Morgan fingerprint density at radius 2 is 2.24 bits per heavy atom. The van der Waals surface area contributed by atoms with E-state index in [1.165, 1.54) is 0 Å². The minimum atomic E-state index is -0.123. The number of nitrogens with zero attached hydrogens (tertiary/aromatic N) is 3. The molecule has 0 amide bonds. The zero-order valence-electron chi connectivity index (χ0n) is 10.6. The lowest BCUT2D eigenvalue weighted by Gasteiger charge is -2.38. The monoisotopic (exact) mass is 237 g/mol. The van der Waals surface area contributed by atoms with Crippen LogP contribution in [0.2, 0.25) is 0 Å². The second-order valence-electron chi connectivity index (χ2n) is 4.55. The molecule has 2 heterocycles. The van der Waals surface area contributed by atoms with E-state index in [1.807, 2.05) is 19.9 Å². The van der Waals surface area contributed by atoms with Crippen LogP contribution in [0.25, 0.3) is 0 Å². The van der Waals surface area contributed by atoms with Crippen LogP contribution in [0.4, 0.5) is 5.82 Å². The Kier molecular flexibility index (Phi) is 3.59. The van der Waals surface area contributed by atoms with E-state index < -0.39 is 0 Å². The van der Waals surface area contributed by atoms with Crippen molar-refractivity contribution in [3.63, 3.8) is 0 Å². The van der Waals surface area contributed by atoms with Crippen molar-refractivity contribution in [2.75, 3.05) is 24.7 Å². The van der Waals surface area contributed by atoms with E-state index in [9.17, 15) is 0 Å². The van der Waals surface area contributed by atoms with Gasteiger partial charge in [0.05, 0.1) is 25.4 Å². The molecule has 2 atom stereocenters. The number of morpholine rings is 1. The summed E-state index contributed by atoms with van der Waals surface area (Å²) in [6, 6.07) is 2.25. The highest BCUT2D eigenvalue weighted by Gasteiger charge is 2.26. The van der Waals surface area contributed by atoms with Crippen LogP contribution >= 0.6 is 0 Å². The van der Waals surface area contributed by atoms with Crippen LogP contribution in [0.5, 0.6) is 0 Å². The summed E-state index contributed by atoms with van der Waals surface area (Å²) >= 11 is 0. The average molecular weight is 237 g/mol. The van der Waals surface area contributed by atoms with Gasteiger partial charge in [0, 0.05) is 18.3 Å². The van der Waals surface area contributed by atoms with Gasteiger partial charge in [0.1, 0.15) is 11.6 Å². The lowest BCUT2D eigenvalue weighted by molar-refractivity contribution is -0.0105. The maximum atomic E-state index is 9.17. The summed E-state index contributed by atoms with van der Waals surface area (Å²) in [5.74, 6) is 1.70. The third-order valence-electron chi connectivity index (χ3n) is 2.96. The fraction of sp³-hybridized carbons (Fsp3) is 0.667. The summed E-state index contributed by atoms with van der Waals surface area (Å²) in [6.07, 6.45) is -0.123. The molecule has 17 heavy (non-hydrogen) atoms. The maximum absolute atomic E-state index is 9.17. The molecule has 0 radical (unpaired) electrons. The SMILES string of the molecule is Cc1cc(N2CC(CO)OCC2C)nc(C)n1. The molecule has 1 N–H and O–H groups in total. The van der Waals surface area contributed by atoms with Gasteiger partial charge in [-0.15, -0.1) is 0 Å². The highest BCUT2D eigenvalue weighted by molar-refractivity contribution is 5.41. The summed E-state index contributed by atoms with van der Waals surface area (Å²) in [6.45, 7) is 7.30. The third kappa shape index (κ3) is 2.73. The predicted molar refractivity (Wildman–Crippen MR) is 65.1 cm³/mol. The van der Waals surface area contributed by atoms with Gasteiger partial charge in [-0.25, -0.2) is 9.97 Å². The molecule has 1 aromatic heterocycles. The first-order chi connectivity index (χ1) is 8.10. The summed E-state index contributed by atoms with van der Waals surface area (Å²) < 4.78 is 5.52. The van der Waals surface area contributed by atoms with Gasteiger partial charge >= 0.3 is 0 Å². The van der Waals surface area contributed by atoms with Crippen LogP contribution < -0.4 is 4.90 Å². The van der Waals surface area contributed by atoms with E-state index in [1.54, 1.807) is 0 Å². The Morgan fingerprint density at radius 3 is 2.88 bits per heavy atom. The van der Waals surface area contributed by atoms with E-state index >= 15 is 0 Å². The fourth-order valence-electron chi connectivity index (χ4n) is 2.09. The van der Waals surface area contributed by atoms with E-state index in [4.69, 9.17) is 9.84 Å². The van der Waals surface area contributed by atoms with Gasteiger partial charge in [-0.3, -0.25) is 0 Å². The molecule has 0 aromatic carbocycles. The first kappa shape index (κ1) is 12.3. The molecule has 0 aliphatic carbocycles. The number of hydrogen-bond acceptors (Lipinski definition) is 5. The Morgan fingerprint density at radius 1 is 1.47 bits per heavy atom. The first-order valence-electron chi connectivity index (χ1n) is 5.91. The molecule has 1 aromatic rings. The molecule has 94 valence electrons. The van der Waals surface area contributed by atoms with Gasteiger partial charge in [0.25, 0.3) is 0 Å². The van der Waals surface area contributed by atoms with E-state index in [0.717, 1.165) is 17.3 Å². The molecule has 1 aliphatic rings. The second kappa shape index (κ2) is 4.98. The van der Waals surface area contributed by atoms with Crippen molar-refractivity contribution in [2.45, 2.75) is 32.9 Å². The van der Waals surface area contributed by atoms with Gasteiger partial charge in [0.2, 0.25) is 0 Å². The topological polar surface area (TPSA) is 58.5 Å². The third-order valence-corrected chi connectivity index (χ3v) is 2.96. The summed E-state index contributed by atoms with van der Waals surface area (Å²) in [7, 11) is 0. The first-order valence-corrected chi connectivity index (χ1v) is 5.91. The molecular formula is C12H19N3O2. The lowest BCUT2D eigenvalue weighted by atomic mass is 10.2. The maximum Gasteiger partial charge on any atom is 0.132 e. The molecule has 2 unspecified atom stereocenters. The van der Waals surface area contributed by atoms with Crippen molar-refractivity contribution in [3.8, 4) is 0 Å². The zero-order valence-corrected chi connectivity index (χ0v) is 10.6. The largest absolute Gasteiger partial charge is 0.394 e. The van der Waals surface area contributed by atoms with Crippen LogP contribution in [0.15, 0.2) is 6.07 Å². The number of anilines is 1. The van der Waals surface area contributed by atoms with Crippen molar-refractivity contribution in [1.82, 2.24) is 9.97 Å². The molecule has 0 bridgehead atoms. The summed E-state index contributed by atoms with van der Waals surface area (Å²) in [5, 5.41) is 9.17. The summed E-state index contributed by atoms with van der Waals surface area (Å²) in [5.41, 5.74) is 0.965. The molecule has 5 nitrogen and oxygen atoms in total. The highest BCUT2D eigenvalue weighted by Crippen LogP contribution is 2.20. The predicted octanol–water partition coefficient (Wildman–Crippen LogP) is 0.679. The molecule has 0 spiro atoms. The quantitative estimate of drug-likeness (QED) is 0.819. The molecule has 1 saturated heterocycles. The Hall–Kier alpha value is -1.20. The van der Waals surface area contributed by atoms with Gasteiger partial charge in [0.15, 0.2) is 0 Å². The number of ether oxygens (including phenoxy) is 1. The normalized spacial score (nSPS) is 25.1. The zero-order chi connectivity index (χ0) is 12.4. The second-order valence-corrected chi connectivity index (χ2v) is 4.55. The fourth-order valence-corrected chi connectivity index (χ4v) is 2.09. The van der Waals surface area contributed by atoms with Crippen molar-refractivity contribution >= 4 is 5.82 Å². The molecule has 5 heteroatoms. The van der Waals surface area contributed by atoms with Gasteiger partial charge in [-0.2, -0.15) is 0 Å².